The first-order chi connectivity index (χ1) is 9.99. The van der Waals surface area contributed by atoms with E-state index in [4.69, 9.17) is 5.73 Å². The first kappa shape index (κ1) is 16.1. The van der Waals surface area contributed by atoms with Crippen molar-refractivity contribution in [2.45, 2.75) is 19.0 Å². The number of carbonyl (C=O) groups excluding carboxylic acids is 1. The highest BCUT2D eigenvalue weighted by Gasteiger charge is 2.18. The molecule has 2 aromatic heterocycles. The quantitative estimate of drug-likeness (QED) is 0.855. The smallest absolute Gasteiger partial charge is 0.270 e. The number of aromatic nitrogens is 1. The fraction of sp³-hybridized carbons (Fsp3) is 0.429. The molecule has 2 unspecified atom stereocenters. The summed E-state index contributed by atoms with van der Waals surface area (Å²) >= 11 is 3.11. The third-order valence-electron chi connectivity index (χ3n) is 3.10. The monoisotopic (exact) mass is 324 g/mol. The molecule has 0 fully saturated rings. The molecule has 2 aromatic rings. The molecule has 0 radical (unpaired) electrons. The van der Waals surface area contributed by atoms with E-state index in [1.165, 1.54) is 16.2 Å². The van der Waals surface area contributed by atoms with Gasteiger partial charge in [-0.25, -0.2) is 4.98 Å². The summed E-state index contributed by atoms with van der Waals surface area (Å²) in [6, 6.07) is 4.13. The second-order valence-corrected chi connectivity index (χ2v) is 6.93. The summed E-state index contributed by atoms with van der Waals surface area (Å²) in [6.07, 6.45) is 0. The number of nitrogens with two attached hydrogens (primary N) is 1. The van der Waals surface area contributed by atoms with Gasteiger partial charge in [-0.3, -0.25) is 4.79 Å². The Morgan fingerprint density at radius 1 is 1.48 bits per heavy atom. The van der Waals surface area contributed by atoms with Gasteiger partial charge in [0.25, 0.3) is 5.91 Å². The highest BCUT2D eigenvalue weighted by Crippen LogP contribution is 2.22. The number of hydrogen-bond acceptors (Lipinski definition) is 6. The molecule has 0 aliphatic carbocycles. The summed E-state index contributed by atoms with van der Waals surface area (Å²) in [5, 5.41) is 7.53. The highest BCUT2D eigenvalue weighted by molar-refractivity contribution is 7.10. The molecule has 0 bridgehead atoms. The third kappa shape index (κ3) is 4.10. The summed E-state index contributed by atoms with van der Waals surface area (Å²) in [5.41, 5.74) is 6.20. The number of hydrogen-bond donors (Lipinski definition) is 2. The average molecular weight is 324 g/mol. The van der Waals surface area contributed by atoms with Crippen molar-refractivity contribution in [2.24, 2.45) is 5.73 Å². The Morgan fingerprint density at radius 3 is 2.76 bits per heavy atom. The Kier molecular flexibility index (Phi) is 5.46. The van der Waals surface area contributed by atoms with Gasteiger partial charge in [-0.05, 0) is 32.5 Å². The van der Waals surface area contributed by atoms with E-state index in [-0.39, 0.29) is 18.0 Å². The maximum absolute atomic E-state index is 12.2. The van der Waals surface area contributed by atoms with Crippen molar-refractivity contribution in [1.29, 1.82) is 0 Å². The number of amides is 1. The standard InChI is InChI=1S/C14H20N4OS2/c1-9(15)14-17-10(8-21-14)13(19)16-7-11(18(2)3)12-5-4-6-20-12/h4-6,8-9,11H,7,15H2,1-3H3,(H,16,19). The van der Waals surface area contributed by atoms with Crippen molar-refractivity contribution in [3.63, 3.8) is 0 Å². The molecule has 7 heteroatoms. The Hall–Kier alpha value is -1.28. The number of thiophene rings is 1. The number of rotatable bonds is 6. The van der Waals surface area contributed by atoms with Crippen molar-refractivity contribution in [1.82, 2.24) is 15.2 Å². The van der Waals surface area contributed by atoms with Crippen LogP contribution in [0.15, 0.2) is 22.9 Å². The minimum Gasteiger partial charge on any atom is -0.349 e. The maximum atomic E-state index is 12.2. The molecule has 2 heterocycles. The molecule has 0 aliphatic heterocycles. The Balaban J connectivity index is 1.98. The van der Waals surface area contributed by atoms with Crippen LogP contribution in [0.25, 0.3) is 0 Å². The first-order valence-electron chi connectivity index (χ1n) is 6.68. The summed E-state index contributed by atoms with van der Waals surface area (Å²) in [5.74, 6) is -0.151. The lowest BCUT2D eigenvalue weighted by atomic mass is 10.2. The fourth-order valence-electron chi connectivity index (χ4n) is 1.90. The van der Waals surface area contributed by atoms with Gasteiger partial charge in [0.15, 0.2) is 0 Å². The lowest BCUT2D eigenvalue weighted by Crippen LogP contribution is -2.34. The molecule has 1 amide bonds. The zero-order valence-corrected chi connectivity index (χ0v) is 14.0. The normalized spacial score (nSPS) is 14.1. The third-order valence-corrected chi connectivity index (χ3v) is 5.11. The second kappa shape index (κ2) is 7.13. The van der Waals surface area contributed by atoms with E-state index in [1.54, 1.807) is 16.7 Å². The van der Waals surface area contributed by atoms with Gasteiger partial charge in [-0.15, -0.1) is 22.7 Å². The Labute approximate surface area is 132 Å². The number of nitrogens with zero attached hydrogens (tertiary/aromatic N) is 2. The van der Waals surface area contributed by atoms with Gasteiger partial charge in [0, 0.05) is 16.8 Å². The predicted molar refractivity (Wildman–Crippen MR) is 87.8 cm³/mol. The van der Waals surface area contributed by atoms with Gasteiger partial charge in [-0.1, -0.05) is 6.07 Å². The molecule has 0 spiro atoms. The van der Waals surface area contributed by atoms with Crippen LogP contribution in [0.1, 0.15) is 39.4 Å². The maximum Gasteiger partial charge on any atom is 0.270 e. The lowest BCUT2D eigenvalue weighted by molar-refractivity contribution is 0.0938. The van der Waals surface area contributed by atoms with Crippen LogP contribution in [0.2, 0.25) is 0 Å². The molecule has 0 aliphatic rings. The van der Waals surface area contributed by atoms with Crippen molar-refractivity contribution in [3.05, 3.63) is 38.5 Å². The molecule has 21 heavy (non-hydrogen) atoms. The second-order valence-electron chi connectivity index (χ2n) is 5.06. The van der Waals surface area contributed by atoms with Crippen LogP contribution < -0.4 is 11.1 Å². The molecule has 2 rings (SSSR count). The van der Waals surface area contributed by atoms with Gasteiger partial charge in [0.05, 0.1) is 12.1 Å². The van der Waals surface area contributed by atoms with E-state index in [1.807, 2.05) is 32.5 Å². The summed E-state index contributed by atoms with van der Waals surface area (Å²) in [6.45, 7) is 2.41. The number of thiazole rings is 1. The van der Waals surface area contributed by atoms with Crippen LogP contribution in [-0.2, 0) is 0 Å². The summed E-state index contributed by atoms with van der Waals surface area (Å²) < 4.78 is 0. The Morgan fingerprint density at radius 2 is 2.24 bits per heavy atom. The van der Waals surface area contributed by atoms with Crippen molar-refractivity contribution in [3.8, 4) is 0 Å². The molecular weight excluding hydrogens is 304 g/mol. The molecule has 0 aromatic carbocycles. The molecule has 114 valence electrons. The molecular formula is C14H20N4OS2. The SMILES string of the molecule is CC(N)c1nc(C(=O)NCC(c2cccs2)N(C)C)cs1. The van der Waals surface area contributed by atoms with Crippen LogP contribution >= 0.6 is 22.7 Å². The zero-order valence-electron chi connectivity index (χ0n) is 12.4. The van der Waals surface area contributed by atoms with E-state index in [9.17, 15) is 4.79 Å². The number of likely N-dealkylation sites (N-methyl/N-ethyl adjacent to an activating group) is 1. The minimum absolute atomic E-state index is 0.141. The largest absolute Gasteiger partial charge is 0.349 e. The molecule has 3 N–H and O–H groups in total. The fourth-order valence-corrected chi connectivity index (χ4v) is 3.58. The highest BCUT2D eigenvalue weighted by atomic mass is 32.1. The summed E-state index contributed by atoms with van der Waals surface area (Å²) in [7, 11) is 4.02. The summed E-state index contributed by atoms with van der Waals surface area (Å²) in [4.78, 5) is 19.7. The zero-order chi connectivity index (χ0) is 15.4. The van der Waals surface area contributed by atoms with Gasteiger partial charge in [-0.2, -0.15) is 0 Å². The van der Waals surface area contributed by atoms with E-state index < -0.39 is 0 Å². The minimum atomic E-state index is -0.151. The Bertz CT molecular complexity index is 578. The molecule has 2 atom stereocenters. The van der Waals surface area contributed by atoms with Crippen molar-refractivity contribution < 1.29 is 4.79 Å². The van der Waals surface area contributed by atoms with Crippen molar-refractivity contribution >= 4 is 28.6 Å². The van der Waals surface area contributed by atoms with Crippen LogP contribution in [0, 0.1) is 0 Å². The lowest BCUT2D eigenvalue weighted by Gasteiger charge is -2.23. The van der Waals surface area contributed by atoms with Crippen LogP contribution in [0.5, 0.6) is 0 Å². The van der Waals surface area contributed by atoms with Gasteiger partial charge < -0.3 is 16.0 Å². The van der Waals surface area contributed by atoms with E-state index in [0.717, 1.165) is 5.01 Å². The van der Waals surface area contributed by atoms with Crippen LogP contribution in [-0.4, -0.2) is 36.4 Å². The number of carbonyl (C=O) groups is 1. The van der Waals surface area contributed by atoms with Gasteiger partial charge >= 0.3 is 0 Å². The topological polar surface area (TPSA) is 71.2 Å². The van der Waals surface area contributed by atoms with E-state index in [2.05, 4.69) is 21.3 Å². The molecule has 0 saturated carbocycles. The van der Waals surface area contributed by atoms with Gasteiger partial charge in [0.1, 0.15) is 10.7 Å². The number of nitrogens with one attached hydrogen (secondary N) is 1. The van der Waals surface area contributed by atoms with Crippen molar-refractivity contribution in [2.75, 3.05) is 20.6 Å². The first-order valence-corrected chi connectivity index (χ1v) is 8.44. The average Bonchev–Trinajstić information content (AvgIpc) is 3.09. The van der Waals surface area contributed by atoms with Crippen LogP contribution in [0.3, 0.4) is 0 Å². The van der Waals surface area contributed by atoms with Crippen LogP contribution in [0.4, 0.5) is 0 Å². The van der Waals surface area contributed by atoms with E-state index in [0.29, 0.717) is 12.2 Å². The predicted octanol–water partition coefficient (Wildman–Crippen LogP) is 2.26. The van der Waals surface area contributed by atoms with E-state index >= 15 is 0 Å². The molecule has 5 nitrogen and oxygen atoms in total. The molecule has 0 saturated heterocycles. The van der Waals surface area contributed by atoms with Gasteiger partial charge in [0.2, 0.25) is 0 Å².